The van der Waals surface area contributed by atoms with Crippen molar-refractivity contribution in [3.63, 3.8) is 0 Å². The molecule has 0 saturated heterocycles. The molecule has 0 amide bonds. The fourth-order valence-electron chi connectivity index (χ4n) is 2.02. The van der Waals surface area contributed by atoms with Gasteiger partial charge >= 0.3 is 0 Å². The highest BCUT2D eigenvalue weighted by Crippen LogP contribution is 2.31. The van der Waals surface area contributed by atoms with Crippen LogP contribution in [0.3, 0.4) is 0 Å². The zero-order valence-electron chi connectivity index (χ0n) is 10.4. The first-order valence-corrected chi connectivity index (χ1v) is 5.97. The van der Waals surface area contributed by atoms with Crippen molar-refractivity contribution in [2.24, 2.45) is 5.73 Å². The van der Waals surface area contributed by atoms with E-state index in [2.05, 4.69) is 4.98 Å². The number of nitrogens with zero attached hydrogens (tertiary/aromatic N) is 1. The minimum Gasteiger partial charge on any atom is -0.388 e. The molecule has 6 heteroatoms. The van der Waals surface area contributed by atoms with Gasteiger partial charge in [-0.15, -0.1) is 0 Å². The SMILES string of the molecule is NCC(c1cccnc1)C(O)c1cc(F)c(F)c(F)c1. The van der Waals surface area contributed by atoms with Crippen LogP contribution in [0.4, 0.5) is 13.2 Å². The molecule has 0 aliphatic rings. The van der Waals surface area contributed by atoms with Crippen LogP contribution < -0.4 is 5.73 Å². The number of pyridine rings is 1. The molecule has 0 fully saturated rings. The molecule has 1 heterocycles. The predicted molar refractivity (Wildman–Crippen MR) is 67.3 cm³/mol. The summed E-state index contributed by atoms with van der Waals surface area (Å²) in [6.07, 6.45) is 1.81. The number of hydrogen-bond donors (Lipinski definition) is 2. The predicted octanol–water partition coefficient (Wildman–Crippen LogP) is 2.27. The van der Waals surface area contributed by atoms with Gasteiger partial charge in [0.1, 0.15) is 0 Å². The summed E-state index contributed by atoms with van der Waals surface area (Å²) in [6.45, 7) is 0.0491. The van der Waals surface area contributed by atoms with E-state index in [-0.39, 0.29) is 12.1 Å². The Morgan fingerprint density at radius 1 is 1.15 bits per heavy atom. The van der Waals surface area contributed by atoms with Gasteiger partial charge in [-0.1, -0.05) is 6.07 Å². The quantitative estimate of drug-likeness (QED) is 0.846. The maximum absolute atomic E-state index is 13.2. The van der Waals surface area contributed by atoms with E-state index in [1.165, 1.54) is 6.20 Å². The smallest absolute Gasteiger partial charge is 0.194 e. The van der Waals surface area contributed by atoms with Gasteiger partial charge in [0.15, 0.2) is 17.5 Å². The third-order valence-corrected chi connectivity index (χ3v) is 3.10. The molecule has 2 atom stereocenters. The van der Waals surface area contributed by atoms with Crippen LogP contribution in [0.1, 0.15) is 23.1 Å². The van der Waals surface area contributed by atoms with Crippen molar-refractivity contribution < 1.29 is 18.3 Å². The minimum absolute atomic E-state index is 0.0491. The molecule has 0 saturated carbocycles. The largest absolute Gasteiger partial charge is 0.388 e. The van der Waals surface area contributed by atoms with E-state index in [9.17, 15) is 18.3 Å². The average Bonchev–Trinajstić information content (AvgIpc) is 2.46. The molecule has 20 heavy (non-hydrogen) atoms. The monoisotopic (exact) mass is 282 g/mol. The maximum atomic E-state index is 13.2. The second kappa shape index (κ2) is 6.02. The molecule has 106 valence electrons. The number of aliphatic hydroxyl groups is 1. The first kappa shape index (κ1) is 14.5. The third kappa shape index (κ3) is 2.81. The van der Waals surface area contributed by atoms with Crippen molar-refractivity contribution in [3.8, 4) is 0 Å². The Morgan fingerprint density at radius 3 is 2.30 bits per heavy atom. The summed E-state index contributed by atoms with van der Waals surface area (Å²) in [4.78, 5) is 3.90. The van der Waals surface area contributed by atoms with Crippen LogP contribution in [0.2, 0.25) is 0 Å². The highest BCUT2D eigenvalue weighted by molar-refractivity contribution is 5.27. The summed E-state index contributed by atoms with van der Waals surface area (Å²) >= 11 is 0. The molecular formula is C14H13F3N2O. The lowest BCUT2D eigenvalue weighted by atomic mass is 9.90. The zero-order valence-corrected chi connectivity index (χ0v) is 10.4. The molecule has 2 unspecified atom stereocenters. The normalized spacial score (nSPS) is 14.1. The molecule has 0 aliphatic heterocycles. The molecule has 1 aromatic carbocycles. The van der Waals surface area contributed by atoms with Crippen molar-refractivity contribution in [1.82, 2.24) is 4.98 Å². The van der Waals surface area contributed by atoms with E-state index >= 15 is 0 Å². The van der Waals surface area contributed by atoms with Gasteiger partial charge in [0, 0.05) is 24.9 Å². The van der Waals surface area contributed by atoms with Crippen LogP contribution in [0, 0.1) is 17.5 Å². The van der Waals surface area contributed by atoms with Crippen LogP contribution in [0.15, 0.2) is 36.7 Å². The number of halogens is 3. The molecule has 2 rings (SSSR count). The second-order valence-electron chi connectivity index (χ2n) is 4.37. The van der Waals surface area contributed by atoms with Crippen molar-refractivity contribution in [2.75, 3.05) is 6.54 Å². The standard InChI is InChI=1S/C14H13F3N2O/c15-11-4-9(5-12(16)13(11)17)14(20)10(6-18)8-2-1-3-19-7-8/h1-5,7,10,14,20H,6,18H2. The fourth-order valence-corrected chi connectivity index (χ4v) is 2.02. The zero-order chi connectivity index (χ0) is 14.7. The molecule has 3 N–H and O–H groups in total. The van der Waals surface area contributed by atoms with E-state index in [1.54, 1.807) is 18.3 Å². The fraction of sp³-hybridized carbons (Fsp3) is 0.214. The highest BCUT2D eigenvalue weighted by Gasteiger charge is 2.24. The van der Waals surface area contributed by atoms with Gasteiger partial charge in [0.25, 0.3) is 0 Å². The molecule has 1 aromatic heterocycles. The van der Waals surface area contributed by atoms with Crippen LogP contribution >= 0.6 is 0 Å². The minimum atomic E-state index is -1.56. The molecule has 0 radical (unpaired) electrons. The van der Waals surface area contributed by atoms with E-state index in [0.717, 1.165) is 12.1 Å². The number of nitrogens with two attached hydrogens (primary N) is 1. The molecule has 2 aromatic rings. The van der Waals surface area contributed by atoms with E-state index < -0.39 is 29.5 Å². The Bertz CT molecular complexity index is 569. The van der Waals surface area contributed by atoms with Crippen molar-refractivity contribution in [3.05, 3.63) is 65.2 Å². The van der Waals surface area contributed by atoms with E-state index in [1.807, 2.05) is 0 Å². The van der Waals surface area contributed by atoms with Crippen molar-refractivity contribution in [2.45, 2.75) is 12.0 Å². The summed E-state index contributed by atoms with van der Waals surface area (Å²) < 4.78 is 39.3. The summed E-state index contributed by atoms with van der Waals surface area (Å²) in [5.41, 5.74) is 6.16. The van der Waals surface area contributed by atoms with Gasteiger partial charge in [-0.2, -0.15) is 0 Å². The Labute approximate surface area is 113 Å². The van der Waals surface area contributed by atoms with Gasteiger partial charge in [-0.25, -0.2) is 13.2 Å². The number of aromatic nitrogens is 1. The lowest BCUT2D eigenvalue weighted by molar-refractivity contribution is 0.146. The Kier molecular flexibility index (Phi) is 4.36. The van der Waals surface area contributed by atoms with Gasteiger partial charge in [0.05, 0.1) is 6.10 Å². The number of aliphatic hydroxyl groups excluding tert-OH is 1. The van der Waals surface area contributed by atoms with E-state index in [4.69, 9.17) is 5.73 Å². The molecule has 0 spiro atoms. The average molecular weight is 282 g/mol. The topological polar surface area (TPSA) is 59.1 Å². The highest BCUT2D eigenvalue weighted by atomic mass is 19.2. The molecule has 3 nitrogen and oxygen atoms in total. The Morgan fingerprint density at radius 2 is 1.80 bits per heavy atom. The summed E-state index contributed by atoms with van der Waals surface area (Å²) in [7, 11) is 0. The third-order valence-electron chi connectivity index (χ3n) is 3.10. The second-order valence-corrected chi connectivity index (χ2v) is 4.37. The van der Waals surface area contributed by atoms with Crippen molar-refractivity contribution in [1.29, 1.82) is 0 Å². The number of rotatable bonds is 4. The van der Waals surface area contributed by atoms with Crippen LogP contribution in [-0.2, 0) is 0 Å². The van der Waals surface area contributed by atoms with Gasteiger partial charge in [0.2, 0.25) is 0 Å². The lowest BCUT2D eigenvalue weighted by Gasteiger charge is -2.22. The van der Waals surface area contributed by atoms with Gasteiger partial charge < -0.3 is 10.8 Å². The lowest BCUT2D eigenvalue weighted by Crippen LogP contribution is -2.20. The summed E-state index contributed by atoms with van der Waals surface area (Å²) in [5, 5.41) is 10.2. The van der Waals surface area contributed by atoms with Gasteiger partial charge in [-0.05, 0) is 29.3 Å². The maximum Gasteiger partial charge on any atom is 0.194 e. The van der Waals surface area contributed by atoms with Gasteiger partial charge in [-0.3, -0.25) is 4.98 Å². The molecule has 0 aliphatic carbocycles. The first-order chi connectivity index (χ1) is 9.54. The van der Waals surface area contributed by atoms with E-state index in [0.29, 0.717) is 5.56 Å². The number of benzene rings is 1. The molecular weight excluding hydrogens is 269 g/mol. The molecule has 0 bridgehead atoms. The van der Waals surface area contributed by atoms with Crippen LogP contribution in [0.5, 0.6) is 0 Å². The first-order valence-electron chi connectivity index (χ1n) is 5.97. The summed E-state index contributed by atoms with van der Waals surface area (Å²) in [5.74, 6) is -4.85. The van der Waals surface area contributed by atoms with Crippen LogP contribution in [-0.4, -0.2) is 16.6 Å². The van der Waals surface area contributed by atoms with Crippen LogP contribution in [0.25, 0.3) is 0 Å². The van der Waals surface area contributed by atoms with Crippen molar-refractivity contribution >= 4 is 0 Å². The Balaban J connectivity index is 2.36. The summed E-state index contributed by atoms with van der Waals surface area (Å²) in [6, 6.07) is 4.89. The number of hydrogen-bond acceptors (Lipinski definition) is 3. The Hall–Kier alpha value is -1.92.